The zero-order chi connectivity index (χ0) is 13.8. The number of nitrogens with zero attached hydrogens (tertiary/aromatic N) is 1. The summed E-state index contributed by atoms with van der Waals surface area (Å²) in [4.78, 5) is 13.1. The largest absolute Gasteiger partial charge is 0.368 e. The number of hydrogen-bond acceptors (Lipinski definition) is 3. The lowest BCUT2D eigenvalue weighted by Gasteiger charge is -2.24. The van der Waals surface area contributed by atoms with E-state index in [0.717, 1.165) is 28.6 Å². The van der Waals surface area contributed by atoms with Gasteiger partial charge in [0.25, 0.3) is 0 Å². The molecule has 100 valence electrons. The molecule has 4 nitrogen and oxygen atoms in total. The maximum Gasteiger partial charge on any atom is 0.236 e. The van der Waals surface area contributed by atoms with Gasteiger partial charge in [0.1, 0.15) is 0 Å². The number of rotatable bonds is 5. The Morgan fingerprint density at radius 2 is 1.84 bits per heavy atom. The lowest BCUT2D eigenvalue weighted by molar-refractivity contribution is -0.116. The Hall–Kier alpha value is -2.07. The molecule has 19 heavy (non-hydrogen) atoms. The summed E-state index contributed by atoms with van der Waals surface area (Å²) in [6.45, 7) is 3.47. The molecule has 0 saturated carbocycles. The minimum Gasteiger partial charge on any atom is -0.368 e. The molecule has 0 spiro atoms. The highest BCUT2D eigenvalue weighted by Gasteiger charge is 2.12. The first kappa shape index (κ1) is 13.4. The molecule has 0 aliphatic heterocycles. The van der Waals surface area contributed by atoms with Crippen molar-refractivity contribution in [2.75, 3.05) is 18.0 Å². The molecule has 0 heterocycles. The predicted molar refractivity (Wildman–Crippen MR) is 78.9 cm³/mol. The molecule has 4 heteroatoms. The Kier molecular flexibility index (Phi) is 4.02. The number of anilines is 1. The van der Waals surface area contributed by atoms with E-state index < -0.39 is 0 Å². The highest BCUT2D eigenvalue weighted by atomic mass is 16.1. The minimum absolute atomic E-state index is 0.225. The van der Waals surface area contributed by atoms with Crippen molar-refractivity contribution >= 4 is 22.4 Å². The van der Waals surface area contributed by atoms with Crippen LogP contribution in [0.2, 0.25) is 0 Å². The standard InChI is InChI=1S/C15H19N3O/c1-2-18(10-15(17)19)14-8-7-11(9-16)12-5-3-4-6-13(12)14/h3-8H,2,9-10,16H2,1H3,(H2,17,19). The van der Waals surface area contributed by atoms with Gasteiger partial charge in [-0.05, 0) is 23.9 Å². The Bertz CT molecular complexity index is 595. The smallest absolute Gasteiger partial charge is 0.236 e. The van der Waals surface area contributed by atoms with Crippen LogP contribution in [0, 0.1) is 0 Å². The molecule has 2 aromatic carbocycles. The molecule has 0 radical (unpaired) electrons. The first-order valence-corrected chi connectivity index (χ1v) is 6.41. The van der Waals surface area contributed by atoms with E-state index in [1.54, 1.807) is 0 Å². The van der Waals surface area contributed by atoms with Crippen LogP contribution in [0.1, 0.15) is 12.5 Å². The van der Waals surface area contributed by atoms with Gasteiger partial charge in [-0.15, -0.1) is 0 Å². The molecule has 1 amide bonds. The molecular weight excluding hydrogens is 238 g/mol. The van der Waals surface area contributed by atoms with Gasteiger partial charge in [0.15, 0.2) is 0 Å². The summed E-state index contributed by atoms with van der Waals surface area (Å²) in [5, 5.41) is 2.24. The fraction of sp³-hybridized carbons (Fsp3) is 0.267. The van der Waals surface area contributed by atoms with Gasteiger partial charge < -0.3 is 16.4 Å². The second-order valence-electron chi connectivity index (χ2n) is 4.47. The van der Waals surface area contributed by atoms with E-state index in [9.17, 15) is 4.79 Å². The number of hydrogen-bond donors (Lipinski definition) is 2. The summed E-state index contributed by atoms with van der Waals surface area (Å²) in [6.07, 6.45) is 0. The van der Waals surface area contributed by atoms with Crippen LogP contribution in [0.3, 0.4) is 0 Å². The summed E-state index contributed by atoms with van der Waals surface area (Å²) in [5.74, 6) is -0.325. The van der Waals surface area contributed by atoms with E-state index in [2.05, 4.69) is 6.07 Å². The number of carbonyl (C=O) groups excluding carboxylic acids is 1. The number of likely N-dealkylation sites (N-methyl/N-ethyl adjacent to an activating group) is 1. The lowest BCUT2D eigenvalue weighted by Crippen LogP contribution is -2.33. The van der Waals surface area contributed by atoms with Crippen molar-refractivity contribution < 1.29 is 4.79 Å². The van der Waals surface area contributed by atoms with Crippen molar-refractivity contribution in [3.8, 4) is 0 Å². The van der Waals surface area contributed by atoms with Gasteiger partial charge in [-0.1, -0.05) is 30.3 Å². The fourth-order valence-electron chi connectivity index (χ4n) is 2.35. The van der Waals surface area contributed by atoms with Gasteiger partial charge in [0.05, 0.1) is 6.54 Å². The van der Waals surface area contributed by atoms with Crippen molar-refractivity contribution in [3.05, 3.63) is 42.0 Å². The predicted octanol–water partition coefficient (Wildman–Crippen LogP) is 1.61. The van der Waals surface area contributed by atoms with Gasteiger partial charge in [0.2, 0.25) is 5.91 Å². The summed E-state index contributed by atoms with van der Waals surface area (Å²) in [5.41, 5.74) is 13.2. The topological polar surface area (TPSA) is 72.3 Å². The summed E-state index contributed by atoms with van der Waals surface area (Å²) >= 11 is 0. The van der Waals surface area contributed by atoms with Crippen LogP contribution in [-0.4, -0.2) is 19.0 Å². The van der Waals surface area contributed by atoms with E-state index in [-0.39, 0.29) is 12.5 Å². The monoisotopic (exact) mass is 257 g/mol. The molecule has 0 aliphatic carbocycles. The number of benzene rings is 2. The molecule has 2 rings (SSSR count). The van der Waals surface area contributed by atoms with Crippen molar-refractivity contribution in [1.82, 2.24) is 0 Å². The fourth-order valence-corrected chi connectivity index (χ4v) is 2.35. The van der Waals surface area contributed by atoms with Crippen LogP contribution < -0.4 is 16.4 Å². The molecule has 0 saturated heterocycles. The van der Waals surface area contributed by atoms with Crippen LogP contribution in [-0.2, 0) is 11.3 Å². The van der Waals surface area contributed by atoms with Crippen LogP contribution >= 0.6 is 0 Å². The van der Waals surface area contributed by atoms with Crippen LogP contribution in [0.25, 0.3) is 10.8 Å². The normalized spacial score (nSPS) is 10.6. The molecule has 2 aromatic rings. The maximum atomic E-state index is 11.2. The first-order valence-electron chi connectivity index (χ1n) is 6.41. The average molecular weight is 257 g/mol. The number of fused-ring (bicyclic) bond motifs is 1. The van der Waals surface area contributed by atoms with E-state index in [0.29, 0.717) is 6.54 Å². The number of primary amides is 1. The zero-order valence-corrected chi connectivity index (χ0v) is 11.1. The third kappa shape index (κ3) is 2.69. The summed E-state index contributed by atoms with van der Waals surface area (Å²) in [7, 11) is 0. The van der Waals surface area contributed by atoms with Crippen LogP contribution in [0.4, 0.5) is 5.69 Å². The molecule has 0 bridgehead atoms. The lowest BCUT2D eigenvalue weighted by atomic mass is 10.0. The molecule has 4 N–H and O–H groups in total. The van der Waals surface area contributed by atoms with Crippen molar-refractivity contribution in [3.63, 3.8) is 0 Å². The van der Waals surface area contributed by atoms with Crippen LogP contribution in [0.5, 0.6) is 0 Å². The van der Waals surface area contributed by atoms with Gasteiger partial charge in [-0.3, -0.25) is 4.79 Å². The van der Waals surface area contributed by atoms with Crippen molar-refractivity contribution in [1.29, 1.82) is 0 Å². The van der Waals surface area contributed by atoms with Gasteiger partial charge in [0, 0.05) is 24.2 Å². The number of carbonyl (C=O) groups is 1. The Balaban J connectivity index is 2.57. The van der Waals surface area contributed by atoms with Crippen LogP contribution in [0.15, 0.2) is 36.4 Å². The molecule has 0 atom stereocenters. The van der Waals surface area contributed by atoms with E-state index in [1.165, 1.54) is 0 Å². The quantitative estimate of drug-likeness (QED) is 0.854. The highest BCUT2D eigenvalue weighted by Crippen LogP contribution is 2.29. The molecule has 0 aromatic heterocycles. The molecular formula is C15H19N3O. The van der Waals surface area contributed by atoms with Gasteiger partial charge >= 0.3 is 0 Å². The Labute approximate surface area is 113 Å². The molecule has 0 unspecified atom stereocenters. The Morgan fingerprint density at radius 1 is 1.16 bits per heavy atom. The molecule has 0 aliphatic rings. The second-order valence-corrected chi connectivity index (χ2v) is 4.47. The number of amides is 1. The highest BCUT2D eigenvalue weighted by molar-refractivity contribution is 5.97. The third-order valence-electron chi connectivity index (χ3n) is 3.28. The number of nitrogens with two attached hydrogens (primary N) is 2. The molecule has 0 fully saturated rings. The van der Waals surface area contributed by atoms with E-state index in [4.69, 9.17) is 11.5 Å². The summed E-state index contributed by atoms with van der Waals surface area (Å²) < 4.78 is 0. The Morgan fingerprint density at radius 3 is 2.42 bits per heavy atom. The first-order chi connectivity index (χ1) is 9.17. The van der Waals surface area contributed by atoms with Gasteiger partial charge in [-0.2, -0.15) is 0 Å². The SMILES string of the molecule is CCN(CC(N)=O)c1ccc(CN)c2ccccc12. The summed E-state index contributed by atoms with van der Waals surface area (Å²) in [6, 6.07) is 12.1. The van der Waals surface area contributed by atoms with Crippen molar-refractivity contribution in [2.24, 2.45) is 11.5 Å². The van der Waals surface area contributed by atoms with Gasteiger partial charge in [-0.25, -0.2) is 0 Å². The third-order valence-corrected chi connectivity index (χ3v) is 3.28. The maximum absolute atomic E-state index is 11.2. The minimum atomic E-state index is -0.325. The average Bonchev–Trinajstić information content (AvgIpc) is 2.43. The van der Waals surface area contributed by atoms with E-state index in [1.807, 2.05) is 42.2 Å². The zero-order valence-electron chi connectivity index (χ0n) is 11.1. The van der Waals surface area contributed by atoms with E-state index >= 15 is 0 Å². The second kappa shape index (κ2) is 5.71. The van der Waals surface area contributed by atoms with Crippen molar-refractivity contribution in [2.45, 2.75) is 13.5 Å².